The number of hydrogen-bond acceptors (Lipinski definition) is 4. The summed E-state index contributed by atoms with van der Waals surface area (Å²) in [6, 6.07) is 7.63. The Balaban J connectivity index is 1.65. The molecule has 0 radical (unpaired) electrons. The first-order valence-corrected chi connectivity index (χ1v) is 9.88. The molecule has 0 bridgehead atoms. The molecule has 1 atom stereocenters. The van der Waals surface area contributed by atoms with E-state index in [2.05, 4.69) is 20.3 Å². The van der Waals surface area contributed by atoms with Crippen molar-refractivity contribution in [1.29, 1.82) is 0 Å². The Labute approximate surface area is 170 Å². The van der Waals surface area contributed by atoms with Gasteiger partial charge in [-0.2, -0.15) is 0 Å². The number of benzene rings is 1. The van der Waals surface area contributed by atoms with Crippen LogP contribution in [0.3, 0.4) is 0 Å². The zero-order valence-corrected chi connectivity index (χ0v) is 16.6. The summed E-state index contributed by atoms with van der Waals surface area (Å²) in [4.78, 5) is 24.8. The summed E-state index contributed by atoms with van der Waals surface area (Å²) < 4.78 is 1.88. The van der Waals surface area contributed by atoms with Gasteiger partial charge in [0, 0.05) is 17.9 Å². The van der Waals surface area contributed by atoms with Gasteiger partial charge < -0.3 is 14.9 Å². The van der Waals surface area contributed by atoms with Gasteiger partial charge in [-0.3, -0.25) is 4.79 Å². The van der Waals surface area contributed by atoms with E-state index in [9.17, 15) is 4.79 Å². The lowest BCUT2D eigenvalue weighted by Crippen LogP contribution is -2.26. The van der Waals surface area contributed by atoms with E-state index < -0.39 is 0 Å². The van der Waals surface area contributed by atoms with Gasteiger partial charge in [0.2, 0.25) is 0 Å². The molecule has 0 spiro atoms. The quantitative estimate of drug-likeness (QED) is 0.488. The number of nitrogens with zero attached hydrogens (tertiary/aromatic N) is 3. The summed E-state index contributed by atoms with van der Waals surface area (Å²) in [5.41, 5.74) is 1.53. The molecule has 1 aromatic carbocycles. The van der Waals surface area contributed by atoms with Crippen molar-refractivity contribution in [1.82, 2.24) is 19.5 Å². The van der Waals surface area contributed by atoms with E-state index in [1.54, 1.807) is 12.3 Å². The van der Waals surface area contributed by atoms with Crippen LogP contribution in [0.5, 0.6) is 0 Å². The topological polar surface area (TPSA) is 75.6 Å². The van der Waals surface area contributed by atoms with E-state index in [4.69, 9.17) is 23.2 Å². The number of rotatable bonds is 4. The number of anilines is 1. The maximum absolute atomic E-state index is 13.2. The first-order chi connectivity index (χ1) is 13.5. The van der Waals surface area contributed by atoms with Gasteiger partial charge in [0.15, 0.2) is 0 Å². The molecule has 1 aliphatic rings. The lowest BCUT2D eigenvalue weighted by Gasteiger charge is -2.21. The molecule has 2 N–H and O–H groups in total. The van der Waals surface area contributed by atoms with Crippen molar-refractivity contribution >= 4 is 50.8 Å². The summed E-state index contributed by atoms with van der Waals surface area (Å²) in [6.07, 6.45) is 5.17. The average molecular weight is 414 g/mol. The fraction of sp³-hybridized carbons (Fsp3) is 0.250. The lowest BCUT2D eigenvalue weighted by atomic mass is 10.1. The number of halogens is 2. The van der Waals surface area contributed by atoms with Gasteiger partial charge in [0.25, 0.3) is 5.56 Å². The Hall–Kier alpha value is -2.57. The molecule has 0 amide bonds. The Kier molecular flexibility index (Phi) is 4.07. The summed E-state index contributed by atoms with van der Waals surface area (Å²) in [5.74, 6) is 0.629. The zero-order chi connectivity index (χ0) is 19.4. The highest BCUT2D eigenvalue weighted by atomic mass is 35.5. The van der Waals surface area contributed by atoms with E-state index >= 15 is 0 Å². The molecule has 28 heavy (non-hydrogen) atoms. The normalized spacial score (nSPS) is 15.2. The molecule has 1 saturated carbocycles. The second kappa shape index (κ2) is 6.50. The van der Waals surface area contributed by atoms with E-state index in [0.717, 1.165) is 29.3 Å². The minimum atomic E-state index is -0.166. The van der Waals surface area contributed by atoms with Crippen LogP contribution in [0.25, 0.3) is 21.8 Å². The number of aromatic amines is 1. The predicted octanol–water partition coefficient (Wildman–Crippen LogP) is 5.09. The summed E-state index contributed by atoms with van der Waals surface area (Å²) in [7, 11) is 0. The molecule has 1 aliphatic carbocycles. The number of nitrogens with one attached hydrogen (secondary N) is 2. The second-order valence-corrected chi connectivity index (χ2v) is 7.94. The molecule has 4 aromatic rings. The number of fused-ring (bicyclic) bond motifs is 2. The van der Waals surface area contributed by atoms with Crippen LogP contribution in [0.15, 0.2) is 41.6 Å². The van der Waals surface area contributed by atoms with E-state index in [-0.39, 0.29) is 17.6 Å². The SMILES string of the molecule is C[C@H](Nc1ncnc2[nH]cc(Cl)c12)c1cc2cccc(Cl)c2c(=O)n1C1CC1. The second-order valence-electron chi connectivity index (χ2n) is 7.13. The van der Waals surface area contributed by atoms with Crippen molar-refractivity contribution in [3.8, 4) is 0 Å². The highest BCUT2D eigenvalue weighted by Crippen LogP contribution is 2.38. The van der Waals surface area contributed by atoms with E-state index in [1.165, 1.54) is 6.33 Å². The molecular weight excluding hydrogens is 397 g/mol. The highest BCUT2D eigenvalue weighted by molar-refractivity contribution is 6.36. The molecule has 3 heterocycles. The zero-order valence-electron chi connectivity index (χ0n) is 15.0. The molecule has 1 fully saturated rings. The van der Waals surface area contributed by atoms with Crippen LogP contribution >= 0.6 is 23.2 Å². The smallest absolute Gasteiger partial charge is 0.260 e. The van der Waals surface area contributed by atoms with Gasteiger partial charge >= 0.3 is 0 Å². The maximum Gasteiger partial charge on any atom is 0.260 e. The minimum absolute atomic E-state index is 0.0400. The van der Waals surface area contributed by atoms with Crippen molar-refractivity contribution in [2.75, 3.05) is 5.32 Å². The largest absolute Gasteiger partial charge is 0.361 e. The predicted molar refractivity (Wildman–Crippen MR) is 112 cm³/mol. The molecule has 0 saturated heterocycles. The van der Waals surface area contributed by atoms with Crippen LogP contribution in [-0.4, -0.2) is 19.5 Å². The van der Waals surface area contributed by atoms with Crippen LogP contribution in [-0.2, 0) is 0 Å². The third-order valence-electron chi connectivity index (χ3n) is 5.19. The molecule has 8 heteroatoms. The Morgan fingerprint density at radius 3 is 2.82 bits per heavy atom. The van der Waals surface area contributed by atoms with Gasteiger partial charge in [-0.05, 0) is 37.3 Å². The van der Waals surface area contributed by atoms with Crippen LogP contribution in [0, 0.1) is 0 Å². The average Bonchev–Trinajstić information content (AvgIpc) is 3.44. The van der Waals surface area contributed by atoms with Gasteiger partial charge in [0.1, 0.15) is 17.8 Å². The van der Waals surface area contributed by atoms with Gasteiger partial charge in [-0.1, -0.05) is 35.3 Å². The van der Waals surface area contributed by atoms with Crippen LogP contribution in [0.4, 0.5) is 5.82 Å². The van der Waals surface area contributed by atoms with Crippen LogP contribution < -0.4 is 10.9 Å². The van der Waals surface area contributed by atoms with Crippen molar-refractivity contribution in [2.45, 2.75) is 31.8 Å². The molecule has 5 rings (SSSR count). The third-order valence-corrected chi connectivity index (χ3v) is 5.80. The van der Waals surface area contributed by atoms with Crippen LogP contribution in [0.1, 0.15) is 37.5 Å². The van der Waals surface area contributed by atoms with Crippen molar-refractivity contribution in [3.63, 3.8) is 0 Å². The summed E-state index contributed by atoms with van der Waals surface area (Å²) >= 11 is 12.6. The Bertz CT molecular complexity index is 1280. The van der Waals surface area contributed by atoms with Crippen molar-refractivity contribution < 1.29 is 0 Å². The number of pyridine rings is 1. The monoisotopic (exact) mass is 413 g/mol. The maximum atomic E-state index is 13.2. The van der Waals surface area contributed by atoms with E-state index in [0.29, 0.717) is 26.9 Å². The number of hydrogen-bond donors (Lipinski definition) is 2. The van der Waals surface area contributed by atoms with Crippen molar-refractivity contribution in [2.24, 2.45) is 0 Å². The third kappa shape index (κ3) is 2.75. The van der Waals surface area contributed by atoms with Gasteiger partial charge in [-0.15, -0.1) is 0 Å². The Morgan fingerprint density at radius 2 is 2.04 bits per heavy atom. The number of H-pyrrole nitrogens is 1. The fourth-order valence-corrected chi connectivity index (χ4v) is 4.21. The van der Waals surface area contributed by atoms with E-state index in [1.807, 2.05) is 29.7 Å². The minimum Gasteiger partial charge on any atom is -0.361 e. The standard InChI is InChI=1S/C20H17Cl2N5O/c1-10(26-19-17-14(22)8-23-18(17)24-9-25-19)15-7-11-3-2-4-13(21)16(11)20(28)27(15)12-5-6-12/h2-4,7-10,12H,5-6H2,1H3,(H2,23,24,25,26)/t10-/m0/s1. The van der Waals surface area contributed by atoms with Crippen molar-refractivity contribution in [3.05, 3.63) is 62.9 Å². The molecule has 0 aliphatic heterocycles. The number of aromatic nitrogens is 4. The molecule has 6 nitrogen and oxygen atoms in total. The first kappa shape index (κ1) is 17.5. The fourth-order valence-electron chi connectivity index (χ4n) is 3.71. The van der Waals surface area contributed by atoms with Crippen LogP contribution in [0.2, 0.25) is 10.0 Å². The molecular formula is C20H17Cl2N5O. The molecule has 3 aromatic heterocycles. The van der Waals surface area contributed by atoms with Gasteiger partial charge in [-0.25, -0.2) is 9.97 Å². The molecule has 0 unspecified atom stereocenters. The lowest BCUT2D eigenvalue weighted by molar-refractivity contribution is 0.636. The summed E-state index contributed by atoms with van der Waals surface area (Å²) in [5, 5.41) is 6.60. The first-order valence-electron chi connectivity index (χ1n) is 9.12. The molecule has 142 valence electrons. The Morgan fingerprint density at radius 1 is 1.21 bits per heavy atom. The summed E-state index contributed by atoms with van der Waals surface area (Å²) in [6.45, 7) is 2.01. The highest BCUT2D eigenvalue weighted by Gasteiger charge is 2.29. The van der Waals surface area contributed by atoms with Gasteiger partial charge in [0.05, 0.1) is 26.9 Å².